The lowest BCUT2D eigenvalue weighted by molar-refractivity contribution is -0.156. The SMILES string of the molecule is CCCCCCCOC(=O)C1(C)CCCNC1. The minimum absolute atomic E-state index is 0.0137. The highest BCUT2D eigenvalue weighted by Gasteiger charge is 2.35. The van der Waals surface area contributed by atoms with E-state index in [1.54, 1.807) is 0 Å². The number of unbranched alkanes of at least 4 members (excludes halogenated alkanes) is 4. The maximum atomic E-state index is 11.9. The van der Waals surface area contributed by atoms with E-state index in [0.717, 1.165) is 32.4 Å². The lowest BCUT2D eigenvalue weighted by Gasteiger charge is -2.31. The van der Waals surface area contributed by atoms with E-state index < -0.39 is 0 Å². The molecule has 1 saturated heterocycles. The molecule has 0 aromatic heterocycles. The van der Waals surface area contributed by atoms with Crippen molar-refractivity contribution in [2.75, 3.05) is 19.7 Å². The van der Waals surface area contributed by atoms with E-state index in [-0.39, 0.29) is 11.4 Å². The minimum atomic E-state index is -0.290. The second kappa shape index (κ2) is 7.70. The molecule has 1 fully saturated rings. The van der Waals surface area contributed by atoms with Crippen LogP contribution in [0.15, 0.2) is 0 Å². The molecule has 0 radical (unpaired) electrons. The Kier molecular flexibility index (Phi) is 6.56. The number of hydrogen-bond donors (Lipinski definition) is 1. The molecule has 1 unspecified atom stereocenters. The molecule has 1 atom stereocenters. The van der Waals surface area contributed by atoms with Crippen LogP contribution in [0.1, 0.15) is 58.8 Å². The van der Waals surface area contributed by atoms with E-state index in [9.17, 15) is 4.79 Å². The van der Waals surface area contributed by atoms with Crippen LogP contribution < -0.4 is 5.32 Å². The molecule has 1 heterocycles. The summed E-state index contributed by atoms with van der Waals surface area (Å²) in [4.78, 5) is 11.9. The summed E-state index contributed by atoms with van der Waals surface area (Å²) < 4.78 is 5.39. The molecule has 1 N–H and O–H groups in total. The zero-order chi connectivity index (χ0) is 12.6. The van der Waals surface area contributed by atoms with Crippen molar-refractivity contribution in [3.8, 4) is 0 Å². The fourth-order valence-electron chi connectivity index (χ4n) is 2.28. The molecule has 3 heteroatoms. The van der Waals surface area contributed by atoms with Crippen LogP contribution in [0.3, 0.4) is 0 Å². The number of piperidine rings is 1. The zero-order valence-electron chi connectivity index (χ0n) is 11.4. The first-order valence-electron chi connectivity index (χ1n) is 7.07. The van der Waals surface area contributed by atoms with Crippen LogP contribution in [0, 0.1) is 5.41 Å². The molecule has 0 amide bonds. The molecule has 1 rings (SSSR count). The van der Waals surface area contributed by atoms with E-state index in [2.05, 4.69) is 12.2 Å². The van der Waals surface area contributed by atoms with Gasteiger partial charge < -0.3 is 10.1 Å². The van der Waals surface area contributed by atoms with Gasteiger partial charge in [0.15, 0.2) is 0 Å². The Hall–Kier alpha value is -0.570. The summed E-state index contributed by atoms with van der Waals surface area (Å²) in [5, 5.41) is 3.27. The predicted octanol–water partition coefficient (Wildman–Crippen LogP) is 2.89. The van der Waals surface area contributed by atoms with E-state index in [0.29, 0.717) is 6.61 Å². The fourth-order valence-corrected chi connectivity index (χ4v) is 2.28. The van der Waals surface area contributed by atoms with Crippen molar-refractivity contribution in [3.05, 3.63) is 0 Å². The molecule has 17 heavy (non-hydrogen) atoms. The van der Waals surface area contributed by atoms with Crippen LogP contribution in [-0.4, -0.2) is 25.7 Å². The van der Waals surface area contributed by atoms with E-state index in [1.807, 2.05) is 6.92 Å². The molecule has 0 aromatic rings. The summed E-state index contributed by atoms with van der Waals surface area (Å²) in [5.41, 5.74) is -0.290. The Morgan fingerprint density at radius 3 is 2.71 bits per heavy atom. The van der Waals surface area contributed by atoms with Crippen molar-refractivity contribution in [3.63, 3.8) is 0 Å². The van der Waals surface area contributed by atoms with E-state index >= 15 is 0 Å². The summed E-state index contributed by atoms with van der Waals surface area (Å²) in [5.74, 6) is -0.0137. The lowest BCUT2D eigenvalue weighted by Crippen LogP contribution is -2.44. The van der Waals surface area contributed by atoms with Crippen molar-refractivity contribution < 1.29 is 9.53 Å². The Bertz CT molecular complexity index is 222. The zero-order valence-corrected chi connectivity index (χ0v) is 11.4. The van der Waals surface area contributed by atoms with Gasteiger partial charge in [0.05, 0.1) is 12.0 Å². The normalized spacial score (nSPS) is 24.6. The Balaban J connectivity index is 2.11. The van der Waals surface area contributed by atoms with Gasteiger partial charge in [-0.05, 0) is 32.7 Å². The predicted molar refractivity (Wildman–Crippen MR) is 69.9 cm³/mol. The van der Waals surface area contributed by atoms with E-state index in [1.165, 1.54) is 25.7 Å². The third kappa shape index (κ3) is 5.07. The molecule has 100 valence electrons. The first kappa shape index (κ1) is 14.5. The number of rotatable bonds is 7. The molecule has 1 aliphatic heterocycles. The van der Waals surface area contributed by atoms with Crippen LogP contribution in [0.25, 0.3) is 0 Å². The van der Waals surface area contributed by atoms with Gasteiger partial charge in [-0.1, -0.05) is 32.6 Å². The monoisotopic (exact) mass is 241 g/mol. The maximum Gasteiger partial charge on any atom is 0.313 e. The summed E-state index contributed by atoms with van der Waals surface area (Å²) in [6, 6.07) is 0. The van der Waals surface area contributed by atoms with Crippen molar-refractivity contribution in [2.45, 2.75) is 58.8 Å². The van der Waals surface area contributed by atoms with Crippen LogP contribution in [0.4, 0.5) is 0 Å². The topological polar surface area (TPSA) is 38.3 Å². The molecule has 0 saturated carbocycles. The highest BCUT2D eigenvalue weighted by atomic mass is 16.5. The Labute approximate surface area is 105 Å². The highest BCUT2D eigenvalue weighted by molar-refractivity contribution is 5.76. The van der Waals surface area contributed by atoms with Gasteiger partial charge in [0.1, 0.15) is 0 Å². The third-order valence-corrected chi connectivity index (χ3v) is 3.57. The van der Waals surface area contributed by atoms with Gasteiger partial charge in [0.2, 0.25) is 0 Å². The van der Waals surface area contributed by atoms with Gasteiger partial charge in [0, 0.05) is 6.54 Å². The number of hydrogen-bond acceptors (Lipinski definition) is 3. The largest absolute Gasteiger partial charge is 0.465 e. The molecule has 0 spiro atoms. The molecular formula is C14H27NO2. The molecule has 0 aromatic carbocycles. The second-order valence-corrected chi connectivity index (χ2v) is 5.39. The number of esters is 1. The Morgan fingerprint density at radius 1 is 1.29 bits per heavy atom. The van der Waals surface area contributed by atoms with Gasteiger partial charge in [-0.25, -0.2) is 0 Å². The molecular weight excluding hydrogens is 214 g/mol. The lowest BCUT2D eigenvalue weighted by atomic mass is 9.83. The van der Waals surface area contributed by atoms with Crippen molar-refractivity contribution in [1.29, 1.82) is 0 Å². The van der Waals surface area contributed by atoms with Gasteiger partial charge in [-0.2, -0.15) is 0 Å². The van der Waals surface area contributed by atoms with Gasteiger partial charge in [-0.3, -0.25) is 4.79 Å². The van der Waals surface area contributed by atoms with Crippen molar-refractivity contribution in [2.24, 2.45) is 5.41 Å². The second-order valence-electron chi connectivity index (χ2n) is 5.39. The standard InChI is InChI=1S/C14H27NO2/c1-3-4-5-6-7-11-17-13(16)14(2)9-8-10-15-12-14/h15H,3-12H2,1-2H3. The number of ether oxygens (including phenoxy) is 1. The molecule has 1 aliphatic rings. The summed E-state index contributed by atoms with van der Waals surface area (Å²) >= 11 is 0. The average Bonchev–Trinajstić information content (AvgIpc) is 2.34. The van der Waals surface area contributed by atoms with Crippen LogP contribution in [-0.2, 0) is 9.53 Å². The number of nitrogens with one attached hydrogen (secondary N) is 1. The quantitative estimate of drug-likeness (QED) is 0.550. The van der Waals surface area contributed by atoms with Gasteiger partial charge >= 0.3 is 5.97 Å². The van der Waals surface area contributed by atoms with Crippen molar-refractivity contribution in [1.82, 2.24) is 5.32 Å². The highest BCUT2D eigenvalue weighted by Crippen LogP contribution is 2.26. The Morgan fingerprint density at radius 2 is 2.06 bits per heavy atom. The average molecular weight is 241 g/mol. The van der Waals surface area contributed by atoms with Gasteiger partial charge in [-0.15, -0.1) is 0 Å². The first-order valence-corrected chi connectivity index (χ1v) is 7.07. The smallest absolute Gasteiger partial charge is 0.313 e. The van der Waals surface area contributed by atoms with Crippen LogP contribution in [0.5, 0.6) is 0 Å². The summed E-state index contributed by atoms with van der Waals surface area (Å²) in [6.07, 6.45) is 8.01. The van der Waals surface area contributed by atoms with E-state index in [4.69, 9.17) is 4.74 Å². The van der Waals surface area contributed by atoms with Crippen LogP contribution in [0.2, 0.25) is 0 Å². The van der Waals surface area contributed by atoms with Gasteiger partial charge in [0.25, 0.3) is 0 Å². The van der Waals surface area contributed by atoms with Crippen LogP contribution >= 0.6 is 0 Å². The molecule has 0 bridgehead atoms. The number of carbonyl (C=O) groups excluding carboxylic acids is 1. The third-order valence-electron chi connectivity index (χ3n) is 3.57. The number of carbonyl (C=O) groups is 1. The maximum absolute atomic E-state index is 11.9. The molecule has 3 nitrogen and oxygen atoms in total. The fraction of sp³-hybridized carbons (Fsp3) is 0.929. The minimum Gasteiger partial charge on any atom is -0.465 e. The molecule has 0 aliphatic carbocycles. The first-order chi connectivity index (χ1) is 8.19. The van der Waals surface area contributed by atoms with Crippen molar-refractivity contribution >= 4 is 5.97 Å². The summed E-state index contributed by atoms with van der Waals surface area (Å²) in [7, 11) is 0. The summed E-state index contributed by atoms with van der Waals surface area (Å²) in [6.45, 7) is 6.61.